The molecule has 0 saturated carbocycles. The predicted molar refractivity (Wildman–Crippen MR) is 101 cm³/mol. The molecule has 7 nitrogen and oxygen atoms in total. The van der Waals surface area contributed by atoms with Crippen molar-refractivity contribution in [1.82, 2.24) is 34.4 Å². The van der Waals surface area contributed by atoms with E-state index in [0.717, 1.165) is 37.6 Å². The number of fused-ring (bicyclic) bond motifs is 1. The van der Waals surface area contributed by atoms with Crippen LogP contribution in [0.4, 0.5) is 0 Å². The standard InChI is InChI=1S/C20H25N7/c1-25-19(12-27-14-21-13-22-27)23-24-20(25)15-6-8-26(9-7-15)18-10-16-4-2-3-5-17(16)11-18/h2-5,13-15,18H,6-12H2,1H3. The van der Waals surface area contributed by atoms with Gasteiger partial charge in [0.15, 0.2) is 5.82 Å². The Labute approximate surface area is 159 Å². The number of piperidine rings is 1. The van der Waals surface area contributed by atoms with Crippen molar-refractivity contribution in [3.8, 4) is 0 Å². The summed E-state index contributed by atoms with van der Waals surface area (Å²) >= 11 is 0. The van der Waals surface area contributed by atoms with Crippen LogP contribution in [0.25, 0.3) is 0 Å². The molecule has 3 heterocycles. The zero-order valence-corrected chi connectivity index (χ0v) is 15.7. The summed E-state index contributed by atoms with van der Waals surface area (Å²) in [7, 11) is 2.07. The van der Waals surface area contributed by atoms with Crippen LogP contribution in [-0.4, -0.2) is 53.6 Å². The van der Waals surface area contributed by atoms with Gasteiger partial charge in [-0.15, -0.1) is 10.2 Å². The summed E-state index contributed by atoms with van der Waals surface area (Å²) in [5.74, 6) is 2.54. The smallest absolute Gasteiger partial charge is 0.154 e. The summed E-state index contributed by atoms with van der Waals surface area (Å²) in [6, 6.07) is 9.58. The van der Waals surface area contributed by atoms with Gasteiger partial charge in [-0.25, -0.2) is 9.67 Å². The average molecular weight is 363 g/mol. The summed E-state index contributed by atoms with van der Waals surface area (Å²) in [6.07, 6.45) is 7.98. The van der Waals surface area contributed by atoms with Crippen LogP contribution in [0, 0.1) is 0 Å². The first-order valence-corrected chi connectivity index (χ1v) is 9.79. The maximum atomic E-state index is 4.51. The number of hydrogen-bond acceptors (Lipinski definition) is 5. The number of aromatic nitrogens is 6. The van der Waals surface area contributed by atoms with Crippen LogP contribution in [-0.2, 0) is 26.4 Å². The first-order valence-electron chi connectivity index (χ1n) is 9.79. The van der Waals surface area contributed by atoms with E-state index in [1.165, 1.54) is 24.0 Å². The number of nitrogens with zero attached hydrogens (tertiary/aromatic N) is 7. The molecular formula is C20H25N7. The Morgan fingerprint density at radius 2 is 1.78 bits per heavy atom. The molecule has 0 atom stereocenters. The average Bonchev–Trinajstić information content (AvgIpc) is 3.43. The van der Waals surface area contributed by atoms with Gasteiger partial charge in [-0.2, -0.15) is 5.10 Å². The van der Waals surface area contributed by atoms with Crippen molar-refractivity contribution in [2.24, 2.45) is 7.05 Å². The van der Waals surface area contributed by atoms with Crippen molar-refractivity contribution in [2.45, 2.75) is 44.2 Å². The first kappa shape index (κ1) is 16.6. The first-order chi connectivity index (χ1) is 13.3. The van der Waals surface area contributed by atoms with E-state index in [2.05, 4.69) is 61.1 Å². The maximum absolute atomic E-state index is 4.51. The molecule has 1 aromatic carbocycles. The van der Waals surface area contributed by atoms with Crippen molar-refractivity contribution in [2.75, 3.05) is 13.1 Å². The Balaban J connectivity index is 1.22. The SMILES string of the molecule is Cn1c(Cn2cncn2)nnc1C1CCN(C2Cc3ccccc3C2)CC1. The van der Waals surface area contributed by atoms with E-state index in [1.54, 1.807) is 17.3 Å². The number of benzene rings is 1. The molecule has 0 radical (unpaired) electrons. The highest BCUT2D eigenvalue weighted by Gasteiger charge is 2.31. The van der Waals surface area contributed by atoms with Crippen LogP contribution < -0.4 is 0 Å². The van der Waals surface area contributed by atoms with E-state index in [9.17, 15) is 0 Å². The van der Waals surface area contributed by atoms with E-state index in [1.807, 2.05) is 0 Å². The van der Waals surface area contributed by atoms with E-state index in [0.29, 0.717) is 18.5 Å². The van der Waals surface area contributed by atoms with Crippen molar-refractivity contribution in [3.63, 3.8) is 0 Å². The lowest BCUT2D eigenvalue weighted by Gasteiger charge is -2.35. The van der Waals surface area contributed by atoms with E-state index < -0.39 is 0 Å². The van der Waals surface area contributed by atoms with Gasteiger partial charge in [-0.3, -0.25) is 4.90 Å². The normalized spacial score (nSPS) is 18.9. The molecule has 1 aliphatic carbocycles. The number of rotatable bonds is 4. The Morgan fingerprint density at radius 1 is 1.04 bits per heavy atom. The fourth-order valence-corrected chi connectivity index (χ4v) is 4.64. The second-order valence-electron chi connectivity index (χ2n) is 7.77. The molecule has 3 aromatic rings. The Kier molecular flexibility index (Phi) is 4.24. The molecule has 0 N–H and O–H groups in total. The number of hydrogen-bond donors (Lipinski definition) is 0. The zero-order chi connectivity index (χ0) is 18.2. The third-order valence-electron chi connectivity index (χ3n) is 6.21. The molecule has 27 heavy (non-hydrogen) atoms. The van der Waals surface area contributed by atoms with Crippen LogP contribution in [0.1, 0.15) is 41.5 Å². The molecule has 0 amide bonds. The van der Waals surface area contributed by atoms with Crippen molar-refractivity contribution in [1.29, 1.82) is 0 Å². The van der Waals surface area contributed by atoms with Gasteiger partial charge in [0.25, 0.3) is 0 Å². The summed E-state index contributed by atoms with van der Waals surface area (Å²) in [5.41, 5.74) is 3.08. The largest absolute Gasteiger partial charge is 0.316 e. The van der Waals surface area contributed by atoms with Gasteiger partial charge < -0.3 is 4.57 Å². The molecule has 140 valence electrons. The van der Waals surface area contributed by atoms with Gasteiger partial charge in [0.2, 0.25) is 0 Å². The molecule has 7 heteroatoms. The monoisotopic (exact) mass is 363 g/mol. The molecule has 2 aromatic heterocycles. The van der Waals surface area contributed by atoms with Gasteiger partial charge in [0.1, 0.15) is 25.0 Å². The molecule has 0 unspecified atom stereocenters. The van der Waals surface area contributed by atoms with Crippen LogP contribution in [0.2, 0.25) is 0 Å². The molecule has 2 aliphatic rings. The molecule has 5 rings (SSSR count). The van der Waals surface area contributed by atoms with Crippen LogP contribution >= 0.6 is 0 Å². The lowest BCUT2D eigenvalue weighted by atomic mass is 9.94. The van der Waals surface area contributed by atoms with Gasteiger partial charge in [-0.05, 0) is 49.9 Å². The van der Waals surface area contributed by atoms with Crippen molar-refractivity contribution in [3.05, 3.63) is 59.7 Å². The van der Waals surface area contributed by atoms with E-state index >= 15 is 0 Å². The Morgan fingerprint density at radius 3 is 2.44 bits per heavy atom. The maximum Gasteiger partial charge on any atom is 0.154 e. The predicted octanol–water partition coefficient (Wildman–Crippen LogP) is 1.80. The highest BCUT2D eigenvalue weighted by Crippen LogP contribution is 2.32. The lowest BCUT2D eigenvalue weighted by molar-refractivity contribution is 0.153. The van der Waals surface area contributed by atoms with Crippen molar-refractivity contribution < 1.29 is 0 Å². The molecule has 0 spiro atoms. The highest BCUT2D eigenvalue weighted by atomic mass is 15.4. The lowest BCUT2D eigenvalue weighted by Crippen LogP contribution is -2.41. The molecule has 1 saturated heterocycles. The summed E-state index contributed by atoms with van der Waals surface area (Å²) in [5, 5.41) is 13.1. The summed E-state index contributed by atoms with van der Waals surface area (Å²) < 4.78 is 3.93. The third-order valence-corrected chi connectivity index (χ3v) is 6.21. The minimum absolute atomic E-state index is 0.493. The quantitative estimate of drug-likeness (QED) is 0.707. The minimum Gasteiger partial charge on any atom is -0.316 e. The number of likely N-dealkylation sites (tertiary alicyclic amines) is 1. The van der Waals surface area contributed by atoms with Gasteiger partial charge in [-0.1, -0.05) is 24.3 Å². The minimum atomic E-state index is 0.493. The fraction of sp³-hybridized carbons (Fsp3) is 0.500. The zero-order valence-electron chi connectivity index (χ0n) is 15.7. The van der Waals surface area contributed by atoms with Gasteiger partial charge in [0, 0.05) is 19.0 Å². The van der Waals surface area contributed by atoms with Gasteiger partial charge >= 0.3 is 0 Å². The fourth-order valence-electron chi connectivity index (χ4n) is 4.64. The topological polar surface area (TPSA) is 64.7 Å². The van der Waals surface area contributed by atoms with Crippen molar-refractivity contribution >= 4 is 0 Å². The molecule has 1 fully saturated rings. The Hall–Kier alpha value is -2.54. The molecule has 0 bridgehead atoms. The van der Waals surface area contributed by atoms with E-state index in [-0.39, 0.29) is 0 Å². The van der Waals surface area contributed by atoms with Crippen LogP contribution in [0.5, 0.6) is 0 Å². The third kappa shape index (κ3) is 3.16. The highest BCUT2D eigenvalue weighted by molar-refractivity contribution is 5.33. The van der Waals surface area contributed by atoms with Crippen LogP contribution in [0.3, 0.4) is 0 Å². The molecular weight excluding hydrogens is 338 g/mol. The summed E-state index contributed by atoms with van der Waals surface area (Å²) in [6.45, 7) is 2.91. The summed E-state index contributed by atoms with van der Waals surface area (Å²) in [4.78, 5) is 6.68. The molecule has 1 aliphatic heterocycles. The second-order valence-corrected chi connectivity index (χ2v) is 7.77. The second kappa shape index (κ2) is 6.88. The Bertz CT molecular complexity index is 881. The van der Waals surface area contributed by atoms with Gasteiger partial charge in [0.05, 0.1) is 0 Å². The van der Waals surface area contributed by atoms with Crippen LogP contribution in [0.15, 0.2) is 36.9 Å². The van der Waals surface area contributed by atoms with E-state index in [4.69, 9.17) is 0 Å².